The summed E-state index contributed by atoms with van der Waals surface area (Å²) in [7, 11) is 0. The lowest BCUT2D eigenvalue weighted by atomic mass is 9.81. The first-order valence-corrected chi connectivity index (χ1v) is 7.86. The van der Waals surface area contributed by atoms with Gasteiger partial charge in [0, 0.05) is 16.9 Å². The van der Waals surface area contributed by atoms with Crippen LogP contribution in [0.3, 0.4) is 0 Å². The van der Waals surface area contributed by atoms with Crippen LogP contribution in [0.4, 0.5) is 0 Å². The third-order valence-corrected chi connectivity index (χ3v) is 3.98. The smallest absolute Gasteiger partial charge is 0.0503 e. The molecule has 0 aliphatic heterocycles. The molecule has 0 fully saturated rings. The van der Waals surface area contributed by atoms with E-state index in [0.29, 0.717) is 0 Å². The molecular weight excluding hydrogens is 326 g/mol. The third kappa shape index (κ3) is 4.13. The number of rotatable bonds is 4. The number of hydrogen-bond donors (Lipinski definition) is 2. The molecule has 21 heavy (non-hydrogen) atoms. The molecule has 0 saturated carbocycles. The van der Waals surface area contributed by atoms with Crippen LogP contribution in [0.2, 0.25) is 0 Å². The molecule has 0 aliphatic rings. The Morgan fingerprint density at radius 3 is 2.57 bits per heavy atom. The predicted octanol–water partition coefficient (Wildman–Crippen LogP) is 3.89. The number of aromatic nitrogens is 1. The van der Waals surface area contributed by atoms with Gasteiger partial charge in [-0.3, -0.25) is 16.3 Å². The van der Waals surface area contributed by atoms with E-state index in [-0.39, 0.29) is 11.5 Å². The molecule has 0 spiro atoms. The minimum atomic E-state index is 0.0662. The van der Waals surface area contributed by atoms with E-state index in [1.807, 2.05) is 6.20 Å². The SMILES string of the molecule is CC(C)(C)c1ccccc1C(Cc1cncc(Br)c1)NN. The summed E-state index contributed by atoms with van der Waals surface area (Å²) in [5, 5.41) is 0. The normalized spacial score (nSPS) is 13.2. The second-order valence-corrected chi connectivity index (χ2v) is 7.19. The third-order valence-electron chi connectivity index (χ3n) is 3.55. The van der Waals surface area contributed by atoms with Crippen LogP contribution < -0.4 is 11.3 Å². The van der Waals surface area contributed by atoms with Crippen LogP contribution in [0.5, 0.6) is 0 Å². The van der Waals surface area contributed by atoms with Gasteiger partial charge in [-0.05, 0) is 50.5 Å². The molecule has 1 aromatic heterocycles. The zero-order chi connectivity index (χ0) is 15.5. The molecule has 3 N–H and O–H groups in total. The highest BCUT2D eigenvalue weighted by Crippen LogP contribution is 2.31. The van der Waals surface area contributed by atoms with E-state index in [1.54, 1.807) is 6.20 Å². The van der Waals surface area contributed by atoms with Crippen molar-refractivity contribution in [1.29, 1.82) is 0 Å². The zero-order valence-corrected chi connectivity index (χ0v) is 14.3. The van der Waals surface area contributed by atoms with Crippen molar-refractivity contribution < 1.29 is 0 Å². The molecular formula is C17H22BrN3. The lowest BCUT2D eigenvalue weighted by Gasteiger charge is -2.27. The van der Waals surface area contributed by atoms with Crippen molar-refractivity contribution in [2.24, 2.45) is 5.84 Å². The molecule has 1 atom stereocenters. The van der Waals surface area contributed by atoms with Gasteiger partial charge in [0.2, 0.25) is 0 Å². The van der Waals surface area contributed by atoms with Crippen LogP contribution in [0.15, 0.2) is 47.2 Å². The molecule has 0 aliphatic carbocycles. The molecule has 0 amide bonds. The van der Waals surface area contributed by atoms with Crippen molar-refractivity contribution in [1.82, 2.24) is 10.4 Å². The quantitative estimate of drug-likeness (QED) is 0.651. The topological polar surface area (TPSA) is 50.9 Å². The van der Waals surface area contributed by atoms with Crippen LogP contribution in [-0.2, 0) is 11.8 Å². The average molecular weight is 348 g/mol. The van der Waals surface area contributed by atoms with Gasteiger partial charge in [0.25, 0.3) is 0 Å². The van der Waals surface area contributed by atoms with Gasteiger partial charge in [-0.1, -0.05) is 45.0 Å². The molecule has 4 heteroatoms. The van der Waals surface area contributed by atoms with E-state index >= 15 is 0 Å². The number of nitrogens with zero attached hydrogens (tertiary/aromatic N) is 1. The number of nitrogens with two attached hydrogens (primary N) is 1. The molecule has 112 valence electrons. The van der Waals surface area contributed by atoms with E-state index in [9.17, 15) is 0 Å². The van der Waals surface area contributed by atoms with Crippen LogP contribution >= 0.6 is 15.9 Å². The summed E-state index contributed by atoms with van der Waals surface area (Å²) in [6.45, 7) is 6.67. The highest BCUT2D eigenvalue weighted by Gasteiger charge is 2.22. The second kappa shape index (κ2) is 6.69. The lowest BCUT2D eigenvalue weighted by molar-refractivity contribution is 0.518. The van der Waals surface area contributed by atoms with E-state index in [1.165, 1.54) is 11.1 Å². The maximum Gasteiger partial charge on any atom is 0.0503 e. The molecule has 0 radical (unpaired) electrons. The molecule has 1 heterocycles. The average Bonchev–Trinajstić information content (AvgIpc) is 2.44. The van der Waals surface area contributed by atoms with Crippen molar-refractivity contribution in [2.45, 2.75) is 38.6 Å². The second-order valence-electron chi connectivity index (χ2n) is 6.27. The van der Waals surface area contributed by atoms with Crippen molar-refractivity contribution in [3.05, 3.63) is 63.9 Å². The Bertz CT molecular complexity index is 605. The summed E-state index contributed by atoms with van der Waals surface area (Å²) in [5.74, 6) is 5.82. The summed E-state index contributed by atoms with van der Waals surface area (Å²) in [5.41, 5.74) is 6.75. The molecule has 1 unspecified atom stereocenters. The minimum absolute atomic E-state index is 0.0662. The van der Waals surface area contributed by atoms with Gasteiger partial charge in [0.05, 0.1) is 6.04 Å². The van der Waals surface area contributed by atoms with Gasteiger partial charge in [-0.15, -0.1) is 0 Å². The molecule has 1 aromatic carbocycles. The van der Waals surface area contributed by atoms with Gasteiger partial charge in [0.1, 0.15) is 0 Å². The highest BCUT2D eigenvalue weighted by molar-refractivity contribution is 9.10. The summed E-state index contributed by atoms with van der Waals surface area (Å²) in [6, 6.07) is 10.6. The maximum atomic E-state index is 5.82. The molecule has 2 aromatic rings. The Morgan fingerprint density at radius 2 is 1.95 bits per heavy atom. The zero-order valence-electron chi connectivity index (χ0n) is 12.7. The van der Waals surface area contributed by atoms with Crippen LogP contribution in [0.25, 0.3) is 0 Å². The van der Waals surface area contributed by atoms with E-state index in [4.69, 9.17) is 5.84 Å². The fourth-order valence-corrected chi connectivity index (χ4v) is 2.96. The molecule has 0 saturated heterocycles. The first kappa shape index (κ1) is 16.1. The number of halogens is 1. The van der Waals surface area contributed by atoms with Gasteiger partial charge in [-0.25, -0.2) is 0 Å². The van der Waals surface area contributed by atoms with Crippen molar-refractivity contribution in [3.8, 4) is 0 Å². The Balaban J connectivity index is 2.34. The highest BCUT2D eigenvalue weighted by atomic mass is 79.9. The minimum Gasteiger partial charge on any atom is -0.271 e. The van der Waals surface area contributed by atoms with Crippen LogP contribution in [-0.4, -0.2) is 4.98 Å². The first-order valence-electron chi connectivity index (χ1n) is 7.07. The van der Waals surface area contributed by atoms with Crippen LogP contribution in [0.1, 0.15) is 43.5 Å². The molecule has 3 nitrogen and oxygen atoms in total. The van der Waals surface area contributed by atoms with Crippen molar-refractivity contribution in [3.63, 3.8) is 0 Å². The van der Waals surface area contributed by atoms with Gasteiger partial charge < -0.3 is 0 Å². The monoisotopic (exact) mass is 347 g/mol. The maximum absolute atomic E-state index is 5.82. The number of pyridine rings is 1. The Hall–Kier alpha value is -1.23. The predicted molar refractivity (Wildman–Crippen MR) is 90.8 cm³/mol. The summed E-state index contributed by atoms with van der Waals surface area (Å²) in [4.78, 5) is 4.22. The van der Waals surface area contributed by atoms with E-state index < -0.39 is 0 Å². The Labute approximate surface area is 135 Å². The van der Waals surface area contributed by atoms with Gasteiger partial charge in [0.15, 0.2) is 0 Å². The van der Waals surface area contributed by atoms with E-state index in [2.05, 4.69) is 77.4 Å². The molecule has 0 bridgehead atoms. The number of hydrazine groups is 1. The fourth-order valence-electron chi connectivity index (χ4n) is 2.55. The van der Waals surface area contributed by atoms with E-state index in [0.717, 1.165) is 16.5 Å². The standard InChI is InChI=1S/C17H22BrN3/c1-17(2,3)15-7-5-4-6-14(15)16(21-19)9-12-8-13(18)11-20-10-12/h4-8,10-11,16,21H,9,19H2,1-3H3. The van der Waals surface area contributed by atoms with Crippen molar-refractivity contribution >= 4 is 15.9 Å². The molecule has 2 rings (SSSR count). The number of nitrogens with one attached hydrogen (secondary N) is 1. The van der Waals surface area contributed by atoms with Gasteiger partial charge in [-0.2, -0.15) is 0 Å². The van der Waals surface area contributed by atoms with Gasteiger partial charge >= 0.3 is 0 Å². The number of hydrogen-bond acceptors (Lipinski definition) is 3. The fraction of sp³-hybridized carbons (Fsp3) is 0.353. The summed E-state index contributed by atoms with van der Waals surface area (Å²) < 4.78 is 0.986. The Kier molecular flexibility index (Phi) is 5.14. The lowest BCUT2D eigenvalue weighted by Crippen LogP contribution is -2.31. The largest absolute Gasteiger partial charge is 0.271 e. The number of benzene rings is 1. The van der Waals surface area contributed by atoms with Crippen LogP contribution in [0, 0.1) is 0 Å². The summed E-state index contributed by atoms with van der Waals surface area (Å²) >= 11 is 3.46. The Morgan fingerprint density at radius 1 is 1.24 bits per heavy atom. The van der Waals surface area contributed by atoms with Crippen molar-refractivity contribution in [2.75, 3.05) is 0 Å². The summed E-state index contributed by atoms with van der Waals surface area (Å²) in [6.07, 6.45) is 4.47. The first-order chi connectivity index (χ1) is 9.91.